The first-order chi connectivity index (χ1) is 26.0. The smallest absolute Gasteiger partial charge is 0.140 e. The van der Waals surface area contributed by atoms with Crippen LogP contribution in [0.1, 0.15) is 30.5 Å². The van der Waals surface area contributed by atoms with Crippen LogP contribution in [-0.4, -0.2) is 12.4 Å². The summed E-state index contributed by atoms with van der Waals surface area (Å²) in [7, 11) is 0. The van der Waals surface area contributed by atoms with E-state index in [4.69, 9.17) is 4.99 Å². The number of rotatable bonds is 3. The summed E-state index contributed by atoms with van der Waals surface area (Å²) in [4.78, 5) is 7.66. The van der Waals surface area contributed by atoms with Crippen molar-refractivity contribution in [1.29, 1.82) is 0 Å². The molecule has 11 rings (SSSR count). The first-order valence-electron chi connectivity index (χ1n) is 18.6. The van der Waals surface area contributed by atoms with Gasteiger partial charge in [0, 0.05) is 22.2 Å². The van der Waals surface area contributed by atoms with Crippen LogP contribution in [0.25, 0.3) is 71.6 Å². The molecule has 0 saturated carbocycles. The van der Waals surface area contributed by atoms with E-state index in [1.165, 1.54) is 88.3 Å². The summed E-state index contributed by atoms with van der Waals surface area (Å²) in [6.45, 7) is 5.41. The molecule has 0 bridgehead atoms. The summed E-state index contributed by atoms with van der Waals surface area (Å²) < 4.78 is 0. The van der Waals surface area contributed by atoms with Gasteiger partial charge in [-0.05, 0) is 120 Å². The van der Waals surface area contributed by atoms with Crippen LogP contribution in [0.4, 0.5) is 11.4 Å². The van der Waals surface area contributed by atoms with Gasteiger partial charge in [-0.25, -0.2) is 0 Å². The Morgan fingerprint density at radius 2 is 1.13 bits per heavy atom. The Morgan fingerprint density at radius 3 is 1.96 bits per heavy atom. The normalized spacial score (nSPS) is 14.9. The third-order valence-electron chi connectivity index (χ3n) is 11.8. The summed E-state index contributed by atoms with van der Waals surface area (Å²) in [5, 5.41) is 5.12. The highest BCUT2D eigenvalue weighted by Crippen LogP contribution is 2.52. The van der Waals surface area contributed by atoms with Gasteiger partial charge < -0.3 is 0 Å². The molecular weight excluding hydrogens is 641 g/mol. The molecule has 0 radical (unpaired) electrons. The van der Waals surface area contributed by atoms with Crippen LogP contribution in [0.3, 0.4) is 0 Å². The molecule has 250 valence electrons. The van der Waals surface area contributed by atoms with Crippen molar-refractivity contribution < 1.29 is 0 Å². The number of benzene rings is 8. The second-order valence-electron chi connectivity index (χ2n) is 15.1. The van der Waals surface area contributed by atoms with E-state index in [1.54, 1.807) is 0 Å². The van der Waals surface area contributed by atoms with Crippen LogP contribution in [0.15, 0.2) is 175 Å². The number of hydrogen-bond donors (Lipinski definition) is 0. The van der Waals surface area contributed by atoms with Gasteiger partial charge in [0.1, 0.15) is 5.84 Å². The maximum absolute atomic E-state index is 5.24. The maximum Gasteiger partial charge on any atom is 0.140 e. The SMILES string of the molecule is CC1(C)c2cc(-c3cc(-c4ccccc4)cc(N4C5=NCC=C5c5cccc6cccc(c56)-c5ccccc54)c3)ccc2-c2cc3ccccc3cc21. The molecule has 8 aromatic rings. The van der Waals surface area contributed by atoms with Gasteiger partial charge in [0.05, 0.1) is 12.2 Å². The van der Waals surface area contributed by atoms with Gasteiger partial charge in [0.15, 0.2) is 0 Å². The Balaban J connectivity index is 1.14. The van der Waals surface area contributed by atoms with E-state index in [1.807, 2.05) is 0 Å². The number of anilines is 2. The average molecular weight is 677 g/mol. The largest absolute Gasteiger partial charge is 0.294 e. The van der Waals surface area contributed by atoms with Crippen LogP contribution >= 0.6 is 0 Å². The number of hydrogen-bond acceptors (Lipinski definition) is 2. The first-order valence-corrected chi connectivity index (χ1v) is 18.6. The average Bonchev–Trinajstić information content (AvgIpc) is 3.76. The molecule has 0 saturated heterocycles. The summed E-state index contributed by atoms with van der Waals surface area (Å²) >= 11 is 0. The molecule has 1 aliphatic carbocycles. The van der Waals surface area contributed by atoms with E-state index in [2.05, 4.69) is 189 Å². The van der Waals surface area contributed by atoms with E-state index in [0.717, 1.165) is 17.2 Å². The molecule has 0 atom stereocenters. The van der Waals surface area contributed by atoms with Crippen LogP contribution in [0.2, 0.25) is 0 Å². The topological polar surface area (TPSA) is 15.6 Å². The van der Waals surface area contributed by atoms with Crippen molar-refractivity contribution in [2.45, 2.75) is 19.3 Å². The molecule has 0 amide bonds. The highest BCUT2D eigenvalue weighted by Gasteiger charge is 2.36. The third-order valence-corrected chi connectivity index (χ3v) is 11.8. The lowest BCUT2D eigenvalue weighted by Gasteiger charge is -2.32. The van der Waals surface area contributed by atoms with E-state index in [-0.39, 0.29) is 5.41 Å². The molecule has 2 heteroatoms. The fraction of sp³-hybridized carbons (Fsp3) is 0.0784. The van der Waals surface area contributed by atoms with E-state index in [9.17, 15) is 0 Å². The molecule has 2 heterocycles. The van der Waals surface area contributed by atoms with Crippen molar-refractivity contribution >= 4 is 44.3 Å². The predicted molar refractivity (Wildman–Crippen MR) is 224 cm³/mol. The number of aliphatic imine (C=N–C) groups is 1. The van der Waals surface area contributed by atoms with Crippen molar-refractivity contribution in [1.82, 2.24) is 0 Å². The zero-order chi connectivity index (χ0) is 35.3. The highest BCUT2D eigenvalue weighted by atomic mass is 15.2. The Labute approximate surface area is 310 Å². The monoisotopic (exact) mass is 676 g/mol. The molecular formula is C51H36N2. The minimum absolute atomic E-state index is 0.126. The zero-order valence-electron chi connectivity index (χ0n) is 29.8. The number of amidine groups is 1. The number of fused-ring (bicyclic) bond motifs is 8. The molecule has 2 nitrogen and oxygen atoms in total. The minimum Gasteiger partial charge on any atom is -0.294 e. The molecule has 53 heavy (non-hydrogen) atoms. The fourth-order valence-corrected chi connectivity index (χ4v) is 9.19. The van der Waals surface area contributed by atoms with Gasteiger partial charge in [0.25, 0.3) is 0 Å². The van der Waals surface area contributed by atoms with Crippen molar-refractivity contribution in [3.8, 4) is 44.5 Å². The van der Waals surface area contributed by atoms with Gasteiger partial charge in [-0.2, -0.15) is 0 Å². The number of nitrogens with zero attached hydrogens (tertiary/aromatic N) is 2. The summed E-state index contributed by atoms with van der Waals surface area (Å²) in [5.74, 6) is 0.994. The Kier molecular flexibility index (Phi) is 6.40. The summed E-state index contributed by atoms with van der Waals surface area (Å²) in [6.07, 6.45) is 2.30. The molecule has 0 N–H and O–H groups in total. The van der Waals surface area contributed by atoms with Gasteiger partial charge in [0.2, 0.25) is 0 Å². The van der Waals surface area contributed by atoms with E-state index in [0.29, 0.717) is 6.54 Å². The van der Waals surface area contributed by atoms with Crippen molar-refractivity contribution in [3.63, 3.8) is 0 Å². The van der Waals surface area contributed by atoms with Gasteiger partial charge in [-0.3, -0.25) is 9.89 Å². The third kappa shape index (κ3) is 4.49. The minimum atomic E-state index is -0.126. The maximum atomic E-state index is 5.24. The zero-order valence-corrected chi connectivity index (χ0v) is 29.8. The van der Waals surface area contributed by atoms with Crippen molar-refractivity contribution in [2.24, 2.45) is 4.99 Å². The van der Waals surface area contributed by atoms with Gasteiger partial charge in [-0.15, -0.1) is 0 Å². The second kappa shape index (κ2) is 11.2. The molecule has 0 aromatic heterocycles. The molecule has 8 aromatic carbocycles. The molecule has 3 aliphatic rings. The van der Waals surface area contributed by atoms with Crippen molar-refractivity contribution in [3.05, 3.63) is 187 Å². The van der Waals surface area contributed by atoms with Crippen molar-refractivity contribution in [2.75, 3.05) is 11.4 Å². The summed E-state index contributed by atoms with van der Waals surface area (Å²) in [5.41, 5.74) is 17.2. The quantitative estimate of drug-likeness (QED) is 0.182. The highest BCUT2D eigenvalue weighted by molar-refractivity contribution is 6.36. The fourth-order valence-electron chi connectivity index (χ4n) is 9.19. The Morgan fingerprint density at radius 1 is 0.472 bits per heavy atom. The molecule has 2 aliphatic heterocycles. The standard InChI is InChI=1S/C51H36N2/c1-51(2)46-31-36(22-23-40(46)45-29-34-14-6-7-15-35(34)30-47(45)51)38-26-37(32-12-4-3-5-13-32)27-39(28-38)53-48-21-9-8-18-41(48)42-19-10-16-33-17-11-20-43(49(33)42)44-24-25-52-50(44)53/h3-24,26-31H,25H2,1-2H3. The van der Waals surface area contributed by atoms with E-state index >= 15 is 0 Å². The lowest BCUT2D eigenvalue weighted by atomic mass is 9.81. The van der Waals surface area contributed by atoms with Gasteiger partial charge >= 0.3 is 0 Å². The van der Waals surface area contributed by atoms with Crippen LogP contribution in [0, 0.1) is 0 Å². The van der Waals surface area contributed by atoms with E-state index < -0.39 is 0 Å². The lowest BCUT2D eigenvalue weighted by molar-refractivity contribution is 0.661. The van der Waals surface area contributed by atoms with Crippen LogP contribution < -0.4 is 4.90 Å². The van der Waals surface area contributed by atoms with Gasteiger partial charge in [-0.1, -0.05) is 141 Å². The molecule has 0 unspecified atom stereocenters. The van der Waals surface area contributed by atoms with Crippen LogP contribution in [-0.2, 0) is 5.41 Å². The number of para-hydroxylation sites is 1. The summed E-state index contributed by atoms with van der Waals surface area (Å²) in [6, 6.07) is 60.7. The molecule has 0 spiro atoms. The first kappa shape index (κ1) is 30.1. The van der Waals surface area contributed by atoms with Crippen LogP contribution in [0.5, 0.6) is 0 Å². The molecule has 0 fully saturated rings. The second-order valence-corrected chi connectivity index (χ2v) is 15.1. The predicted octanol–water partition coefficient (Wildman–Crippen LogP) is 13.2. The lowest BCUT2D eigenvalue weighted by Crippen LogP contribution is -2.27. The Hall–Kier alpha value is -6.51. The Bertz CT molecular complexity index is 2890.